The van der Waals surface area contributed by atoms with E-state index in [2.05, 4.69) is 27.4 Å². The summed E-state index contributed by atoms with van der Waals surface area (Å²) >= 11 is 4.44. The Morgan fingerprint density at radius 3 is 3.07 bits per heavy atom. The first-order valence-electron chi connectivity index (χ1n) is 3.93. The van der Waals surface area contributed by atoms with Crippen molar-refractivity contribution < 1.29 is 4.39 Å². The zero-order valence-corrected chi connectivity index (χ0v) is 8.18. The summed E-state index contributed by atoms with van der Waals surface area (Å²) in [5.74, 6) is -0.412. The fourth-order valence-electron chi connectivity index (χ4n) is 1.28. The first-order valence-corrected chi connectivity index (χ1v) is 4.34. The minimum absolute atomic E-state index is 0.297. The number of pyridine rings is 1. The molecule has 14 heavy (non-hydrogen) atoms. The summed E-state index contributed by atoms with van der Waals surface area (Å²) in [6, 6.07) is 1.28. The Bertz CT molecular complexity index is 540. The second-order valence-electron chi connectivity index (χ2n) is 2.86. The van der Waals surface area contributed by atoms with E-state index in [0.717, 1.165) is 5.69 Å². The third-order valence-electron chi connectivity index (χ3n) is 1.79. The number of aromatic nitrogens is 2. The predicted octanol–water partition coefficient (Wildman–Crippen LogP) is 2.52. The van der Waals surface area contributed by atoms with Crippen LogP contribution in [0.25, 0.3) is 5.65 Å². The van der Waals surface area contributed by atoms with E-state index in [9.17, 15) is 4.39 Å². The second-order valence-corrected chi connectivity index (χ2v) is 3.05. The lowest BCUT2D eigenvalue weighted by molar-refractivity contribution is 0.630. The fourth-order valence-corrected chi connectivity index (χ4v) is 1.38. The zero-order chi connectivity index (χ0) is 10.1. The average molecular weight is 207 g/mol. The number of thiocarbonyl (C=S) groups is 1. The van der Waals surface area contributed by atoms with Gasteiger partial charge in [0, 0.05) is 18.5 Å². The van der Waals surface area contributed by atoms with Crippen LogP contribution in [0.3, 0.4) is 0 Å². The maximum absolute atomic E-state index is 13.4. The molecule has 0 atom stereocenters. The van der Waals surface area contributed by atoms with Gasteiger partial charge in [0.05, 0.1) is 16.5 Å². The van der Waals surface area contributed by atoms with Gasteiger partial charge in [-0.25, -0.2) is 9.37 Å². The number of halogens is 1. The number of isothiocyanates is 1. The monoisotopic (exact) mass is 207 g/mol. The van der Waals surface area contributed by atoms with Gasteiger partial charge in [-0.2, -0.15) is 4.99 Å². The van der Waals surface area contributed by atoms with E-state index < -0.39 is 5.82 Å². The van der Waals surface area contributed by atoms with E-state index in [1.807, 2.05) is 0 Å². The lowest BCUT2D eigenvalue weighted by Crippen LogP contribution is -1.86. The van der Waals surface area contributed by atoms with Gasteiger partial charge in [0.1, 0.15) is 0 Å². The van der Waals surface area contributed by atoms with E-state index in [1.54, 1.807) is 23.7 Å². The number of hydrogen-bond donors (Lipinski definition) is 0. The molecule has 0 aromatic carbocycles. The molecule has 70 valence electrons. The largest absolute Gasteiger partial charge is 0.302 e. The van der Waals surface area contributed by atoms with Crippen LogP contribution in [0.4, 0.5) is 10.1 Å². The van der Waals surface area contributed by atoms with Gasteiger partial charge in [0.15, 0.2) is 11.5 Å². The minimum Gasteiger partial charge on any atom is -0.302 e. The normalized spacial score (nSPS) is 10.1. The van der Waals surface area contributed by atoms with Gasteiger partial charge < -0.3 is 4.40 Å². The Hall–Kier alpha value is -1.58. The van der Waals surface area contributed by atoms with Crippen LogP contribution in [0.2, 0.25) is 0 Å². The second kappa shape index (κ2) is 3.29. The van der Waals surface area contributed by atoms with E-state index in [1.165, 1.54) is 6.07 Å². The molecule has 2 rings (SSSR count). The molecule has 0 aliphatic rings. The van der Waals surface area contributed by atoms with E-state index in [0.29, 0.717) is 11.3 Å². The molecular weight excluding hydrogens is 201 g/mol. The molecule has 0 amide bonds. The van der Waals surface area contributed by atoms with Gasteiger partial charge in [0.25, 0.3) is 0 Å². The number of imidazole rings is 1. The summed E-state index contributed by atoms with van der Waals surface area (Å²) in [6.45, 7) is 1.80. The number of fused-ring (bicyclic) bond motifs is 1. The van der Waals surface area contributed by atoms with Crippen LogP contribution < -0.4 is 0 Å². The molecule has 0 aliphatic carbocycles. The van der Waals surface area contributed by atoms with Gasteiger partial charge in [-0.15, -0.1) is 0 Å². The van der Waals surface area contributed by atoms with E-state index >= 15 is 0 Å². The van der Waals surface area contributed by atoms with Crippen LogP contribution in [0.1, 0.15) is 5.69 Å². The molecule has 0 radical (unpaired) electrons. The van der Waals surface area contributed by atoms with Crippen LogP contribution in [0, 0.1) is 12.7 Å². The summed E-state index contributed by atoms with van der Waals surface area (Å²) < 4.78 is 15.0. The molecule has 0 bridgehead atoms. The van der Waals surface area contributed by atoms with Crippen LogP contribution in [-0.4, -0.2) is 14.5 Å². The molecule has 0 saturated heterocycles. The molecule has 0 fully saturated rings. The predicted molar refractivity (Wildman–Crippen MR) is 54.6 cm³/mol. The summed E-state index contributed by atoms with van der Waals surface area (Å²) in [7, 11) is 0. The topological polar surface area (TPSA) is 29.7 Å². The average Bonchev–Trinajstić information content (AvgIpc) is 2.47. The van der Waals surface area contributed by atoms with Crippen molar-refractivity contribution in [1.82, 2.24) is 9.38 Å². The van der Waals surface area contributed by atoms with Crippen molar-refractivity contribution in [3.63, 3.8) is 0 Å². The van der Waals surface area contributed by atoms with Crippen molar-refractivity contribution in [1.29, 1.82) is 0 Å². The molecule has 2 heterocycles. The molecule has 3 nitrogen and oxygen atoms in total. The van der Waals surface area contributed by atoms with Gasteiger partial charge in [-0.05, 0) is 19.1 Å². The van der Waals surface area contributed by atoms with Crippen molar-refractivity contribution in [2.24, 2.45) is 4.99 Å². The number of rotatable bonds is 1. The van der Waals surface area contributed by atoms with Gasteiger partial charge >= 0.3 is 0 Å². The molecular formula is C9H6FN3S. The highest BCUT2D eigenvalue weighted by Gasteiger charge is 2.05. The highest BCUT2D eigenvalue weighted by atomic mass is 32.1. The van der Waals surface area contributed by atoms with Crippen LogP contribution in [-0.2, 0) is 0 Å². The highest BCUT2D eigenvalue weighted by Crippen LogP contribution is 2.17. The molecule has 0 aliphatic heterocycles. The number of aryl methyl sites for hydroxylation is 1. The molecule has 0 N–H and O–H groups in total. The molecule has 0 saturated carbocycles. The van der Waals surface area contributed by atoms with Gasteiger partial charge in [-0.3, -0.25) is 0 Å². The maximum Gasteiger partial charge on any atom is 0.173 e. The SMILES string of the molecule is Cc1cn2cc(N=C=S)cc(F)c2n1. The quantitative estimate of drug-likeness (QED) is 0.531. The molecule has 2 aromatic heterocycles. The fraction of sp³-hybridized carbons (Fsp3) is 0.111. The standard InChI is InChI=1S/C9H6FN3S/c1-6-3-13-4-7(11-5-14)2-8(10)9(13)12-6/h2-4H,1H3. The van der Waals surface area contributed by atoms with Gasteiger partial charge in [-0.1, -0.05) is 0 Å². The lowest BCUT2D eigenvalue weighted by atomic mass is 10.4. The van der Waals surface area contributed by atoms with Crippen molar-refractivity contribution in [2.75, 3.05) is 0 Å². The first kappa shape index (κ1) is 8.99. The van der Waals surface area contributed by atoms with Crippen molar-refractivity contribution in [2.45, 2.75) is 6.92 Å². The highest BCUT2D eigenvalue weighted by molar-refractivity contribution is 7.78. The van der Waals surface area contributed by atoms with Gasteiger partial charge in [0.2, 0.25) is 0 Å². The van der Waals surface area contributed by atoms with E-state index in [4.69, 9.17) is 0 Å². The molecule has 5 heteroatoms. The summed E-state index contributed by atoms with van der Waals surface area (Å²) in [4.78, 5) is 7.72. The smallest absolute Gasteiger partial charge is 0.173 e. The first-order chi connectivity index (χ1) is 6.70. The third-order valence-corrected chi connectivity index (χ3v) is 1.88. The number of nitrogens with zero attached hydrogens (tertiary/aromatic N) is 3. The van der Waals surface area contributed by atoms with Crippen molar-refractivity contribution >= 4 is 28.7 Å². The summed E-state index contributed by atoms with van der Waals surface area (Å²) in [5.41, 5.74) is 1.49. The Morgan fingerprint density at radius 2 is 2.36 bits per heavy atom. The van der Waals surface area contributed by atoms with Crippen LogP contribution in [0.5, 0.6) is 0 Å². The maximum atomic E-state index is 13.4. The number of aliphatic imine (C=N–C) groups is 1. The zero-order valence-electron chi connectivity index (χ0n) is 7.36. The number of hydrogen-bond acceptors (Lipinski definition) is 3. The lowest BCUT2D eigenvalue weighted by Gasteiger charge is -1.96. The van der Waals surface area contributed by atoms with Crippen molar-refractivity contribution in [3.8, 4) is 0 Å². The Kier molecular flexibility index (Phi) is 2.11. The molecule has 0 spiro atoms. The third kappa shape index (κ3) is 1.43. The molecule has 2 aromatic rings. The summed E-state index contributed by atoms with van der Waals surface area (Å²) in [5, 5.41) is 2.19. The molecule has 0 unspecified atom stereocenters. The Labute approximate surface area is 84.9 Å². The van der Waals surface area contributed by atoms with E-state index in [-0.39, 0.29) is 0 Å². The minimum atomic E-state index is -0.412. The Morgan fingerprint density at radius 1 is 1.57 bits per heavy atom. The Balaban J connectivity index is 2.77. The van der Waals surface area contributed by atoms with Crippen LogP contribution in [0.15, 0.2) is 23.5 Å². The summed E-state index contributed by atoms with van der Waals surface area (Å²) in [6.07, 6.45) is 3.37. The van der Waals surface area contributed by atoms with Crippen LogP contribution >= 0.6 is 12.2 Å². The van der Waals surface area contributed by atoms with Crippen molar-refractivity contribution in [3.05, 3.63) is 30.0 Å².